The zero-order chi connectivity index (χ0) is 13.9. The minimum absolute atomic E-state index is 0.0626. The quantitative estimate of drug-likeness (QED) is 0.848. The molecule has 0 aromatic heterocycles. The number of amides is 1. The Morgan fingerprint density at radius 2 is 1.95 bits per heavy atom. The maximum atomic E-state index is 12.2. The van der Waals surface area contributed by atoms with E-state index in [2.05, 4.69) is 11.8 Å². The highest BCUT2D eigenvalue weighted by atomic mass is 16.5. The van der Waals surface area contributed by atoms with Gasteiger partial charge in [0.05, 0.1) is 5.69 Å². The van der Waals surface area contributed by atoms with Crippen LogP contribution in [-0.2, 0) is 4.79 Å². The van der Waals surface area contributed by atoms with Crippen LogP contribution in [0.3, 0.4) is 0 Å². The highest BCUT2D eigenvalue weighted by Crippen LogP contribution is 2.31. The van der Waals surface area contributed by atoms with Crippen molar-refractivity contribution in [3.8, 4) is 5.75 Å². The molecule has 0 radical (unpaired) electrons. The Balaban J connectivity index is 1.74. The summed E-state index contributed by atoms with van der Waals surface area (Å²) in [7, 11) is 0. The summed E-state index contributed by atoms with van der Waals surface area (Å²) in [5, 5.41) is 0. The number of benzene rings is 1. The molecule has 0 aliphatic carbocycles. The number of piperidine rings is 1. The smallest absolute Gasteiger partial charge is 0.265 e. The van der Waals surface area contributed by atoms with Gasteiger partial charge in [-0.3, -0.25) is 9.69 Å². The van der Waals surface area contributed by atoms with Gasteiger partial charge in [-0.05, 0) is 45.0 Å². The first-order chi connectivity index (χ1) is 9.75. The lowest BCUT2D eigenvalue weighted by Crippen LogP contribution is -2.48. The number of anilines is 1. The monoisotopic (exact) mass is 274 g/mol. The number of carbonyl (C=O) groups is 1. The molecular formula is C16H22N2O2. The van der Waals surface area contributed by atoms with Gasteiger partial charge in [0.1, 0.15) is 5.75 Å². The molecule has 2 aliphatic rings. The second-order valence-corrected chi connectivity index (χ2v) is 5.71. The van der Waals surface area contributed by atoms with Gasteiger partial charge in [-0.2, -0.15) is 0 Å². The number of ether oxygens (including phenoxy) is 1. The van der Waals surface area contributed by atoms with Crippen molar-refractivity contribution in [3.05, 3.63) is 24.3 Å². The maximum Gasteiger partial charge on any atom is 0.265 e. The minimum Gasteiger partial charge on any atom is -0.482 e. The molecule has 1 amide bonds. The van der Waals surface area contributed by atoms with E-state index < -0.39 is 0 Å². The molecule has 108 valence electrons. The molecule has 1 saturated heterocycles. The van der Waals surface area contributed by atoms with Crippen LogP contribution in [0.25, 0.3) is 0 Å². The van der Waals surface area contributed by atoms with Crippen LogP contribution in [0.4, 0.5) is 5.69 Å². The summed E-state index contributed by atoms with van der Waals surface area (Å²) in [4.78, 5) is 16.5. The minimum atomic E-state index is 0.0626. The van der Waals surface area contributed by atoms with Crippen molar-refractivity contribution in [3.63, 3.8) is 0 Å². The topological polar surface area (TPSA) is 32.8 Å². The molecular weight excluding hydrogens is 252 g/mol. The summed E-state index contributed by atoms with van der Waals surface area (Å²) in [5.74, 6) is 0.880. The van der Waals surface area contributed by atoms with Crippen molar-refractivity contribution in [2.45, 2.75) is 32.2 Å². The fourth-order valence-electron chi connectivity index (χ4n) is 3.09. The predicted molar refractivity (Wildman–Crippen MR) is 79.2 cm³/mol. The van der Waals surface area contributed by atoms with E-state index in [1.54, 1.807) is 0 Å². The molecule has 0 spiro atoms. The molecule has 20 heavy (non-hydrogen) atoms. The fourth-order valence-corrected chi connectivity index (χ4v) is 3.09. The summed E-state index contributed by atoms with van der Waals surface area (Å²) >= 11 is 0. The van der Waals surface area contributed by atoms with Crippen LogP contribution in [-0.4, -0.2) is 43.1 Å². The van der Waals surface area contributed by atoms with Crippen molar-refractivity contribution < 1.29 is 9.53 Å². The Kier molecular flexibility index (Phi) is 3.92. The average molecular weight is 274 g/mol. The van der Waals surface area contributed by atoms with Crippen molar-refractivity contribution >= 4 is 11.6 Å². The summed E-state index contributed by atoms with van der Waals surface area (Å²) in [6.07, 6.45) is 3.89. The molecule has 2 heterocycles. The summed E-state index contributed by atoms with van der Waals surface area (Å²) in [6, 6.07) is 8.20. The van der Waals surface area contributed by atoms with E-state index in [1.165, 1.54) is 19.3 Å². The van der Waals surface area contributed by atoms with Gasteiger partial charge in [0.2, 0.25) is 0 Å². The molecule has 0 saturated carbocycles. The second kappa shape index (κ2) is 5.83. The van der Waals surface area contributed by atoms with E-state index in [9.17, 15) is 4.79 Å². The third-order valence-electron chi connectivity index (χ3n) is 4.27. The molecule has 3 rings (SSSR count). The van der Waals surface area contributed by atoms with Crippen LogP contribution < -0.4 is 9.64 Å². The maximum absolute atomic E-state index is 12.2. The van der Waals surface area contributed by atoms with E-state index in [0.29, 0.717) is 6.04 Å². The molecule has 1 unspecified atom stereocenters. The molecule has 0 N–H and O–H groups in total. The molecule has 1 fully saturated rings. The van der Waals surface area contributed by atoms with Crippen molar-refractivity contribution in [2.75, 3.05) is 31.1 Å². The first-order valence-corrected chi connectivity index (χ1v) is 7.52. The summed E-state index contributed by atoms with van der Waals surface area (Å²) in [6.45, 7) is 5.43. The van der Waals surface area contributed by atoms with Gasteiger partial charge in [-0.1, -0.05) is 18.6 Å². The van der Waals surface area contributed by atoms with Gasteiger partial charge in [-0.25, -0.2) is 0 Å². The summed E-state index contributed by atoms with van der Waals surface area (Å²) in [5.41, 5.74) is 0.910. The SMILES string of the molecule is CC(CN1C(=O)COc2ccccc21)N1CCCCC1. The number of fused-ring (bicyclic) bond motifs is 1. The second-order valence-electron chi connectivity index (χ2n) is 5.71. The Bertz CT molecular complexity index is 483. The van der Waals surface area contributed by atoms with E-state index in [-0.39, 0.29) is 12.5 Å². The molecule has 1 atom stereocenters. The van der Waals surface area contributed by atoms with Gasteiger partial charge >= 0.3 is 0 Å². The van der Waals surface area contributed by atoms with Crippen LogP contribution in [0.5, 0.6) is 5.75 Å². The van der Waals surface area contributed by atoms with Crippen molar-refractivity contribution in [1.82, 2.24) is 4.90 Å². The van der Waals surface area contributed by atoms with E-state index in [0.717, 1.165) is 31.1 Å². The molecule has 1 aromatic rings. The Morgan fingerprint density at radius 1 is 1.20 bits per heavy atom. The van der Waals surface area contributed by atoms with Gasteiger partial charge in [-0.15, -0.1) is 0 Å². The number of para-hydroxylation sites is 2. The van der Waals surface area contributed by atoms with Crippen molar-refractivity contribution in [2.24, 2.45) is 0 Å². The van der Waals surface area contributed by atoms with Crippen LogP contribution in [0.1, 0.15) is 26.2 Å². The van der Waals surface area contributed by atoms with E-state index >= 15 is 0 Å². The number of hydrogen-bond acceptors (Lipinski definition) is 3. The highest BCUT2D eigenvalue weighted by Gasteiger charge is 2.28. The zero-order valence-corrected chi connectivity index (χ0v) is 12.0. The van der Waals surface area contributed by atoms with Crippen LogP contribution in [0, 0.1) is 0 Å². The largest absolute Gasteiger partial charge is 0.482 e. The first-order valence-electron chi connectivity index (χ1n) is 7.52. The zero-order valence-electron chi connectivity index (χ0n) is 12.0. The van der Waals surface area contributed by atoms with Gasteiger partial charge in [0.15, 0.2) is 6.61 Å². The van der Waals surface area contributed by atoms with Gasteiger partial charge < -0.3 is 9.64 Å². The Morgan fingerprint density at radius 3 is 2.75 bits per heavy atom. The fraction of sp³-hybridized carbons (Fsp3) is 0.562. The molecule has 0 bridgehead atoms. The number of likely N-dealkylation sites (tertiary alicyclic amines) is 1. The van der Waals surface area contributed by atoms with Crippen LogP contribution in [0.2, 0.25) is 0 Å². The number of nitrogens with zero attached hydrogens (tertiary/aromatic N) is 2. The molecule has 4 heteroatoms. The third kappa shape index (κ3) is 2.66. The van der Waals surface area contributed by atoms with Crippen LogP contribution >= 0.6 is 0 Å². The number of hydrogen-bond donors (Lipinski definition) is 0. The number of rotatable bonds is 3. The lowest BCUT2D eigenvalue weighted by Gasteiger charge is -2.37. The first kappa shape index (κ1) is 13.4. The Labute approximate surface area is 120 Å². The normalized spacial score (nSPS) is 21.2. The highest BCUT2D eigenvalue weighted by molar-refractivity contribution is 5.97. The lowest BCUT2D eigenvalue weighted by atomic mass is 10.1. The predicted octanol–water partition coefficient (Wildman–Crippen LogP) is 2.29. The standard InChI is InChI=1S/C16H22N2O2/c1-13(17-9-5-2-6-10-17)11-18-14-7-3-4-8-15(14)20-12-16(18)19/h3-4,7-8,13H,2,5-6,9-12H2,1H3. The van der Waals surface area contributed by atoms with Crippen molar-refractivity contribution in [1.29, 1.82) is 0 Å². The van der Waals surface area contributed by atoms with E-state index in [4.69, 9.17) is 4.74 Å². The Hall–Kier alpha value is -1.55. The summed E-state index contributed by atoms with van der Waals surface area (Å²) < 4.78 is 5.49. The lowest BCUT2D eigenvalue weighted by molar-refractivity contribution is -0.121. The molecule has 2 aliphatic heterocycles. The van der Waals surface area contributed by atoms with Gasteiger partial charge in [0.25, 0.3) is 5.91 Å². The average Bonchev–Trinajstić information content (AvgIpc) is 2.51. The molecule has 1 aromatic carbocycles. The van der Waals surface area contributed by atoms with Crippen LogP contribution in [0.15, 0.2) is 24.3 Å². The third-order valence-corrected chi connectivity index (χ3v) is 4.27. The molecule has 4 nitrogen and oxygen atoms in total. The van der Waals surface area contributed by atoms with Gasteiger partial charge in [0, 0.05) is 12.6 Å². The van der Waals surface area contributed by atoms with E-state index in [1.807, 2.05) is 29.2 Å². The number of carbonyl (C=O) groups excluding carboxylic acids is 1.